The third-order valence-corrected chi connectivity index (χ3v) is 1.99. The largest absolute Gasteiger partial charge is 0.466 e. The molecule has 0 spiro atoms. The van der Waals surface area contributed by atoms with E-state index < -0.39 is 21.5 Å². The number of methoxy groups -OCH3 is 1. The number of ketones is 1. The second-order valence-electron chi connectivity index (χ2n) is 2.05. The first-order valence-electron chi connectivity index (χ1n) is 2.98. The Hall–Kier alpha value is 0.01000. The Morgan fingerprint density at radius 3 is 2.08 bits per heavy atom. The topological polar surface area (TPSA) is 43.4 Å². The summed E-state index contributed by atoms with van der Waals surface area (Å²) >= 11 is 16.2. The van der Waals surface area contributed by atoms with Gasteiger partial charge < -0.3 is 4.74 Å². The monoisotopic (exact) mass is 232 g/mol. The molecule has 0 radical (unpaired) electrons. The summed E-state index contributed by atoms with van der Waals surface area (Å²) in [7, 11) is 1.08. The van der Waals surface area contributed by atoms with Crippen LogP contribution in [0.5, 0.6) is 0 Å². The fourth-order valence-electron chi connectivity index (χ4n) is 0.479. The lowest BCUT2D eigenvalue weighted by atomic mass is 10.2. The average Bonchev–Trinajstić information content (AvgIpc) is 2.01. The molecule has 0 aromatic heterocycles. The number of halogens is 3. The van der Waals surface area contributed by atoms with Crippen LogP contribution in [0.15, 0.2) is 0 Å². The molecule has 0 aromatic carbocycles. The molecule has 0 saturated heterocycles. The number of rotatable bonds is 3. The van der Waals surface area contributed by atoms with Crippen molar-refractivity contribution in [1.82, 2.24) is 0 Å². The van der Waals surface area contributed by atoms with Crippen LogP contribution in [-0.4, -0.2) is 28.6 Å². The van der Waals surface area contributed by atoms with Gasteiger partial charge in [0.25, 0.3) is 4.33 Å². The minimum absolute atomic E-state index is 0.792. The summed E-state index contributed by atoms with van der Waals surface area (Å²) in [5.41, 5.74) is 0. The molecule has 70 valence electrons. The summed E-state index contributed by atoms with van der Waals surface area (Å²) in [6.07, 6.45) is 0. The fraction of sp³-hybridized carbons (Fsp3) is 0.667. The van der Waals surface area contributed by atoms with E-state index in [1.165, 1.54) is 6.92 Å². The van der Waals surface area contributed by atoms with Crippen molar-refractivity contribution < 1.29 is 14.3 Å². The highest BCUT2D eigenvalue weighted by molar-refractivity contribution is 6.69. The van der Waals surface area contributed by atoms with Crippen LogP contribution >= 0.6 is 34.8 Å². The average molecular weight is 233 g/mol. The van der Waals surface area contributed by atoms with E-state index in [0.29, 0.717) is 0 Å². The first-order chi connectivity index (χ1) is 5.34. The van der Waals surface area contributed by atoms with E-state index in [1.54, 1.807) is 0 Å². The Kier molecular flexibility index (Phi) is 4.31. The third kappa shape index (κ3) is 2.51. The Bertz CT molecular complexity index is 200. The van der Waals surface area contributed by atoms with E-state index in [9.17, 15) is 9.59 Å². The molecular weight excluding hydrogens is 226 g/mol. The van der Waals surface area contributed by atoms with Gasteiger partial charge in [-0.3, -0.25) is 4.79 Å². The quantitative estimate of drug-likeness (QED) is 0.422. The molecular formula is C6H7Cl3O3. The van der Waals surface area contributed by atoms with E-state index in [2.05, 4.69) is 4.74 Å². The first-order valence-corrected chi connectivity index (χ1v) is 4.18. The standard InChI is InChI=1S/C6H7Cl3O3/c1-3(7)4(10)6(8,9)5(11)12-2/h3H,1-2H3. The lowest BCUT2D eigenvalue weighted by molar-refractivity contribution is -0.144. The number of hydrogen-bond acceptors (Lipinski definition) is 3. The molecule has 0 aliphatic heterocycles. The maximum atomic E-state index is 11.1. The van der Waals surface area contributed by atoms with Crippen LogP contribution in [0, 0.1) is 0 Å². The molecule has 0 aliphatic rings. The van der Waals surface area contributed by atoms with Crippen LogP contribution in [0.25, 0.3) is 0 Å². The summed E-state index contributed by atoms with van der Waals surface area (Å²) in [5.74, 6) is -1.82. The minimum Gasteiger partial charge on any atom is -0.466 e. The molecule has 6 heteroatoms. The van der Waals surface area contributed by atoms with Gasteiger partial charge in [0.05, 0.1) is 12.5 Å². The van der Waals surface area contributed by atoms with Gasteiger partial charge in [0.15, 0.2) is 5.78 Å². The molecule has 0 rings (SSSR count). The van der Waals surface area contributed by atoms with Gasteiger partial charge in [0.1, 0.15) is 0 Å². The summed E-state index contributed by atoms with van der Waals surface area (Å²) in [4.78, 5) is 21.9. The number of ether oxygens (including phenoxy) is 1. The molecule has 0 N–H and O–H groups in total. The van der Waals surface area contributed by atoms with Crippen LogP contribution < -0.4 is 0 Å². The number of Topliss-reactive ketones (excluding diaryl/α,β-unsaturated/α-hetero) is 1. The lowest BCUT2D eigenvalue weighted by Gasteiger charge is -2.15. The Morgan fingerprint density at radius 2 is 1.83 bits per heavy atom. The number of esters is 1. The van der Waals surface area contributed by atoms with Gasteiger partial charge in [-0.05, 0) is 6.92 Å². The van der Waals surface area contributed by atoms with Crippen molar-refractivity contribution in [3.63, 3.8) is 0 Å². The summed E-state index contributed by atoms with van der Waals surface area (Å²) in [5, 5.41) is -0.931. The molecule has 12 heavy (non-hydrogen) atoms. The van der Waals surface area contributed by atoms with E-state index in [-0.39, 0.29) is 0 Å². The van der Waals surface area contributed by atoms with Crippen molar-refractivity contribution >= 4 is 46.6 Å². The second-order valence-corrected chi connectivity index (χ2v) is 4.03. The van der Waals surface area contributed by atoms with Gasteiger partial charge in [0.2, 0.25) is 0 Å². The molecule has 0 saturated carbocycles. The fourth-order valence-corrected chi connectivity index (χ4v) is 1.24. The van der Waals surface area contributed by atoms with Crippen molar-refractivity contribution in [2.75, 3.05) is 7.11 Å². The van der Waals surface area contributed by atoms with Gasteiger partial charge in [-0.1, -0.05) is 23.2 Å². The van der Waals surface area contributed by atoms with E-state index in [4.69, 9.17) is 34.8 Å². The number of carbonyl (C=O) groups excluding carboxylic acids is 2. The zero-order valence-electron chi connectivity index (χ0n) is 6.44. The predicted molar refractivity (Wildman–Crippen MR) is 46.8 cm³/mol. The number of hydrogen-bond donors (Lipinski definition) is 0. The molecule has 1 unspecified atom stereocenters. The van der Waals surface area contributed by atoms with Crippen LogP contribution in [-0.2, 0) is 14.3 Å². The first kappa shape index (κ1) is 12.0. The SMILES string of the molecule is COC(=O)C(Cl)(Cl)C(=O)C(C)Cl. The molecule has 0 heterocycles. The molecule has 0 aromatic rings. The van der Waals surface area contributed by atoms with Crippen molar-refractivity contribution in [3.8, 4) is 0 Å². The molecule has 0 fully saturated rings. The van der Waals surface area contributed by atoms with Gasteiger partial charge >= 0.3 is 5.97 Å². The van der Waals surface area contributed by atoms with Crippen LogP contribution in [0.2, 0.25) is 0 Å². The Balaban J connectivity index is 4.61. The maximum absolute atomic E-state index is 11.1. The van der Waals surface area contributed by atoms with Crippen LogP contribution in [0.4, 0.5) is 0 Å². The number of carbonyl (C=O) groups is 2. The Labute approximate surface area is 84.9 Å². The zero-order valence-corrected chi connectivity index (χ0v) is 8.70. The number of alkyl halides is 3. The second kappa shape index (κ2) is 4.30. The van der Waals surface area contributed by atoms with E-state index in [0.717, 1.165) is 7.11 Å². The van der Waals surface area contributed by atoms with Crippen molar-refractivity contribution in [2.45, 2.75) is 16.6 Å². The van der Waals surface area contributed by atoms with Crippen molar-refractivity contribution in [3.05, 3.63) is 0 Å². The van der Waals surface area contributed by atoms with Crippen LogP contribution in [0.3, 0.4) is 0 Å². The van der Waals surface area contributed by atoms with Crippen molar-refractivity contribution in [2.24, 2.45) is 0 Å². The van der Waals surface area contributed by atoms with Gasteiger partial charge in [-0.25, -0.2) is 4.79 Å². The summed E-state index contributed by atoms with van der Waals surface area (Å²) in [6, 6.07) is 0. The smallest absolute Gasteiger partial charge is 0.350 e. The molecule has 3 nitrogen and oxygen atoms in total. The maximum Gasteiger partial charge on any atom is 0.350 e. The summed E-state index contributed by atoms with van der Waals surface area (Å²) < 4.78 is 2.01. The van der Waals surface area contributed by atoms with E-state index in [1.807, 2.05) is 0 Å². The normalized spacial score (nSPS) is 13.8. The highest BCUT2D eigenvalue weighted by atomic mass is 35.5. The highest BCUT2D eigenvalue weighted by Crippen LogP contribution is 2.26. The van der Waals surface area contributed by atoms with Crippen molar-refractivity contribution in [1.29, 1.82) is 0 Å². The van der Waals surface area contributed by atoms with Gasteiger partial charge in [-0.15, -0.1) is 11.6 Å². The molecule has 0 aliphatic carbocycles. The lowest BCUT2D eigenvalue weighted by Crippen LogP contribution is -2.40. The summed E-state index contributed by atoms with van der Waals surface area (Å²) in [6.45, 7) is 1.37. The molecule has 0 bridgehead atoms. The highest BCUT2D eigenvalue weighted by Gasteiger charge is 2.44. The van der Waals surface area contributed by atoms with Gasteiger partial charge in [-0.2, -0.15) is 0 Å². The minimum atomic E-state index is -2.20. The molecule has 0 amide bonds. The van der Waals surface area contributed by atoms with E-state index >= 15 is 0 Å². The molecule has 1 atom stereocenters. The third-order valence-electron chi connectivity index (χ3n) is 1.11. The zero-order chi connectivity index (χ0) is 9.94. The predicted octanol–water partition coefficient (Wildman–Crippen LogP) is 1.53. The van der Waals surface area contributed by atoms with Crippen LogP contribution in [0.1, 0.15) is 6.92 Å². The Morgan fingerprint density at radius 1 is 1.42 bits per heavy atom. The van der Waals surface area contributed by atoms with Gasteiger partial charge in [0, 0.05) is 0 Å².